The van der Waals surface area contributed by atoms with Crippen molar-refractivity contribution in [3.8, 4) is 0 Å². The Kier molecular flexibility index (Phi) is 3.03. The Balaban J connectivity index is 3.01. The van der Waals surface area contributed by atoms with Gasteiger partial charge in [0, 0.05) is 18.3 Å². The Morgan fingerprint density at radius 1 is 1.43 bits per heavy atom. The highest BCUT2D eigenvalue weighted by Crippen LogP contribution is 2.20. The Labute approximate surface area is 84.0 Å². The highest BCUT2D eigenvalue weighted by Gasteiger charge is 2.21. The minimum absolute atomic E-state index is 0.0600. The van der Waals surface area contributed by atoms with Gasteiger partial charge in [-0.2, -0.15) is 9.37 Å². The lowest BCUT2D eigenvalue weighted by atomic mass is 10.1. The van der Waals surface area contributed by atoms with Gasteiger partial charge in [0.15, 0.2) is 0 Å². The molecular formula is C10H16FN3. The summed E-state index contributed by atoms with van der Waals surface area (Å²) in [7, 11) is 0. The van der Waals surface area contributed by atoms with Crippen molar-refractivity contribution >= 4 is 5.82 Å². The van der Waals surface area contributed by atoms with Gasteiger partial charge in [-0.15, -0.1) is 0 Å². The standard InChI is InChI=1S/C10H16FN3/c1-5-14(10(2,3)4)8-6-7-12-9(11)13-8/h6-7H,5H2,1-4H3. The normalized spacial score (nSPS) is 11.5. The van der Waals surface area contributed by atoms with Gasteiger partial charge in [0.05, 0.1) is 0 Å². The minimum atomic E-state index is -0.676. The smallest absolute Gasteiger partial charge is 0.310 e. The maximum atomic E-state index is 12.8. The summed E-state index contributed by atoms with van der Waals surface area (Å²) < 4.78 is 12.8. The van der Waals surface area contributed by atoms with E-state index in [-0.39, 0.29) is 5.54 Å². The van der Waals surface area contributed by atoms with Crippen LogP contribution in [0.1, 0.15) is 27.7 Å². The maximum absolute atomic E-state index is 12.8. The van der Waals surface area contributed by atoms with Crippen molar-refractivity contribution in [3.05, 3.63) is 18.3 Å². The lowest BCUT2D eigenvalue weighted by molar-refractivity contribution is 0.492. The molecule has 0 aliphatic heterocycles. The minimum Gasteiger partial charge on any atom is -0.352 e. The second kappa shape index (κ2) is 3.90. The van der Waals surface area contributed by atoms with E-state index < -0.39 is 6.08 Å². The summed E-state index contributed by atoms with van der Waals surface area (Å²) in [5, 5.41) is 0. The molecule has 0 atom stereocenters. The summed E-state index contributed by atoms with van der Waals surface area (Å²) in [6.07, 6.45) is 0.761. The molecule has 1 heterocycles. The summed E-state index contributed by atoms with van der Waals surface area (Å²) >= 11 is 0. The lowest BCUT2D eigenvalue weighted by Gasteiger charge is -2.35. The van der Waals surface area contributed by atoms with Gasteiger partial charge < -0.3 is 4.90 Å². The molecule has 0 aromatic carbocycles. The van der Waals surface area contributed by atoms with Gasteiger partial charge in [-0.3, -0.25) is 0 Å². The molecule has 0 saturated carbocycles. The van der Waals surface area contributed by atoms with E-state index >= 15 is 0 Å². The molecule has 0 N–H and O–H groups in total. The number of nitrogens with zero attached hydrogens (tertiary/aromatic N) is 3. The zero-order chi connectivity index (χ0) is 10.8. The Bertz CT molecular complexity index is 306. The van der Waals surface area contributed by atoms with Crippen molar-refractivity contribution in [1.29, 1.82) is 0 Å². The number of hydrogen-bond donors (Lipinski definition) is 0. The van der Waals surface area contributed by atoms with E-state index in [0.29, 0.717) is 5.82 Å². The second-order valence-electron chi connectivity index (χ2n) is 4.10. The molecule has 0 fully saturated rings. The molecule has 78 valence electrons. The molecule has 1 aromatic heterocycles. The molecule has 0 bridgehead atoms. The number of halogens is 1. The second-order valence-corrected chi connectivity index (χ2v) is 4.10. The van der Waals surface area contributed by atoms with E-state index in [1.165, 1.54) is 6.20 Å². The van der Waals surface area contributed by atoms with Crippen molar-refractivity contribution in [1.82, 2.24) is 9.97 Å². The van der Waals surface area contributed by atoms with Crippen LogP contribution in [0.4, 0.5) is 10.2 Å². The number of anilines is 1. The third-order valence-corrected chi connectivity index (χ3v) is 2.01. The number of rotatable bonds is 2. The monoisotopic (exact) mass is 197 g/mol. The number of aromatic nitrogens is 2. The molecule has 0 saturated heterocycles. The van der Waals surface area contributed by atoms with E-state index in [4.69, 9.17) is 0 Å². The van der Waals surface area contributed by atoms with Crippen LogP contribution >= 0.6 is 0 Å². The summed E-state index contributed by atoms with van der Waals surface area (Å²) in [6.45, 7) is 9.01. The van der Waals surface area contributed by atoms with E-state index in [1.807, 2.05) is 11.8 Å². The first kappa shape index (κ1) is 10.9. The molecule has 1 aromatic rings. The Morgan fingerprint density at radius 2 is 2.07 bits per heavy atom. The zero-order valence-corrected chi connectivity index (χ0v) is 9.08. The fraction of sp³-hybridized carbons (Fsp3) is 0.600. The summed E-state index contributed by atoms with van der Waals surface area (Å²) in [4.78, 5) is 9.22. The number of hydrogen-bond acceptors (Lipinski definition) is 3. The Morgan fingerprint density at radius 3 is 2.50 bits per heavy atom. The molecule has 0 amide bonds. The van der Waals surface area contributed by atoms with Crippen molar-refractivity contribution in [2.45, 2.75) is 33.2 Å². The molecule has 14 heavy (non-hydrogen) atoms. The lowest BCUT2D eigenvalue weighted by Crippen LogP contribution is -2.42. The first-order valence-electron chi connectivity index (χ1n) is 4.71. The van der Waals surface area contributed by atoms with Crippen molar-refractivity contribution < 1.29 is 4.39 Å². The molecule has 4 heteroatoms. The van der Waals surface area contributed by atoms with Crippen molar-refractivity contribution in [3.63, 3.8) is 0 Å². The van der Waals surface area contributed by atoms with Crippen LogP contribution in [0.25, 0.3) is 0 Å². The predicted molar refractivity (Wildman–Crippen MR) is 54.8 cm³/mol. The van der Waals surface area contributed by atoms with Gasteiger partial charge in [-0.25, -0.2) is 4.98 Å². The van der Waals surface area contributed by atoms with Gasteiger partial charge in [0.1, 0.15) is 5.82 Å². The quantitative estimate of drug-likeness (QED) is 0.681. The third-order valence-electron chi connectivity index (χ3n) is 2.01. The van der Waals surface area contributed by atoms with Crippen LogP contribution in [-0.4, -0.2) is 22.1 Å². The van der Waals surface area contributed by atoms with Crippen LogP contribution in [0.2, 0.25) is 0 Å². The van der Waals surface area contributed by atoms with Crippen LogP contribution in [0, 0.1) is 6.08 Å². The first-order valence-corrected chi connectivity index (χ1v) is 4.71. The topological polar surface area (TPSA) is 29.0 Å². The van der Waals surface area contributed by atoms with Crippen molar-refractivity contribution in [2.24, 2.45) is 0 Å². The fourth-order valence-electron chi connectivity index (χ4n) is 1.46. The molecule has 0 aliphatic carbocycles. The zero-order valence-electron chi connectivity index (χ0n) is 9.08. The summed E-state index contributed by atoms with van der Waals surface area (Å²) in [5.41, 5.74) is -0.0600. The average Bonchev–Trinajstić information content (AvgIpc) is 2.02. The summed E-state index contributed by atoms with van der Waals surface area (Å²) in [6, 6.07) is 1.72. The van der Waals surface area contributed by atoms with Crippen LogP contribution in [0.5, 0.6) is 0 Å². The highest BCUT2D eigenvalue weighted by molar-refractivity contribution is 5.39. The molecule has 0 spiro atoms. The van der Waals surface area contributed by atoms with E-state index in [0.717, 1.165) is 6.54 Å². The molecule has 0 unspecified atom stereocenters. The van der Waals surface area contributed by atoms with Gasteiger partial charge in [0.2, 0.25) is 0 Å². The van der Waals surface area contributed by atoms with Gasteiger partial charge in [0.25, 0.3) is 0 Å². The molecule has 1 rings (SSSR count). The van der Waals surface area contributed by atoms with Crippen LogP contribution in [-0.2, 0) is 0 Å². The largest absolute Gasteiger partial charge is 0.352 e. The van der Waals surface area contributed by atoms with Crippen LogP contribution < -0.4 is 4.90 Å². The Hall–Kier alpha value is -1.19. The third kappa shape index (κ3) is 2.40. The van der Waals surface area contributed by atoms with Gasteiger partial charge in [-0.05, 0) is 33.8 Å². The predicted octanol–water partition coefficient (Wildman–Crippen LogP) is 2.24. The molecule has 3 nitrogen and oxygen atoms in total. The SMILES string of the molecule is CCN(c1ccnc(F)n1)C(C)(C)C. The van der Waals surface area contributed by atoms with E-state index in [9.17, 15) is 4.39 Å². The highest BCUT2D eigenvalue weighted by atomic mass is 19.1. The molecule has 0 radical (unpaired) electrons. The summed E-state index contributed by atoms with van der Waals surface area (Å²) in [5.74, 6) is 0.632. The average molecular weight is 197 g/mol. The molecular weight excluding hydrogens is 181 g/mol. The van der Waals surface area contributed by atoms with Crippen LogP contribution in [0.3, 0.4) is 0 Å². The maximum Gasteiger partial charge on any atom is 0.310 e. The first-order chi connectivity index (χ1) is 6.45. The van der Waals surface area contributed by atoms with E-state index in [2.05, 4.69) is 30.7 Å². The van der Waals surface area contributed by atoms with Crippen molar-refractivity contribution in [2.75, 3.05) is 11.4 Å². The van der Waals surface area contributed by atoms with Gasteiger partial charge in [-0.1, -0.05) is 0 Å². The molecule has 0 aliphatic rings. The fourth-order valence-corrected chi connectivity index (χ4v) is 1.46. The van der Waals surface area contributed by atoms with E-state index in [1.54, 1.807) is 6.07 Å². The van der Waals surface area contributed by atoms with Gasteiger partial charge >= 0.3 is 6.08 Å². The van der Waals surface area contributed by atoms with Crippen LogP contribution in [0.15, 0.2) is 12.3 Å².